The topological polar surface area (TPSA) is 122 Å². The number of nitrogens with zero attached hydrogens (tertiary/aromatic N) is 2. The van der Waals surface area contributed by atoms with Crippen molar-refractivity contribution < 1.29 is 21.6 Å². The molecule has 0 radical (unpaired) electrons. The van der Waals surface area contributed by atoms with Crippen LogP contribution in [0.5, 0.6) is 0 Å². The van der Waals surface area contributed by atoms with Gasteiger partial charge in [0.05, 0.1) is 16.1 Å². The van der Waals surface area contributed by atoms with Gasteiger partial charge in [-0.2, -0.15) is 18.2 Å². The number of hydrogen-bond acceptors (Lipinski definition) is 7. The molecule has 0 bridgehead atoms. The fourth-order valence-corrected chi connectivity index (χ4v) is 6.19. The monoisotopic (exact) mass is 570 g/mol. The highest BCUT2D eigenvalue weighted by Crippen LogP contribution is 2.34. The zero-order chi connectivity index (χ0) is 27.3. The number of anilines is 2. The molecule has 0 unspecified atom stereocenters. The largest absolute Gasteiger partial charge is 0.416 e. The molecule has 0 spiro atoms. The third-order valence-corrected chi connectivity index (χ3v) is 8.57. The lowest BCUT2D eigenvalue weighted by Crippen LogP contribution is -2.32. The maximum absolute atomic E-state index is 13.0. The van der Waals surface area contributed by atoms with E-state index in [1.807, 2.05) is 24.3 Å². The van der Waals surface area contributed by atoms with E-state index in [-0.39, 0.29) is 17.5 Å². The number of nitrogens with one attached hydrogen (secondary N) is 3. The molecule has 8 nitrogen and oxygen atoms in total. The Kier molecular flexibility index (Phi) is 8.96. The standard InChI is InChI=1S/C25H30ClF3N6O2S/c26-20-10-9-18(25(27,28)29)13-22(20)38(36,37)33-15-17-7-5-16(6-8-17)14-32-24-34-21-4-2-1-3-19(21)23(35-24)31-12-11-30/h1-4,9-10,13,16-17,33H,5-8,11-12,14-15,30H2,(H2,31,32,34,35). The van der Waals surface area contributed by atoms with Gasteiger partial charge in [-0.25, -0.2) is 18.1 Å². The summed E-state index contributed by atoms with van der Waals surface area (Å²) in [6.45, 7) is 1.88. The number of fused-ring (bicyclic) bond motifs is 1. The fourth-order valence-electron chi connectivity index (χ4n) is 4.55. The van der Waals surface area contributed by atoms with E-state index >= 15 is 0 Å². The molecule has 5 N–H and O–H groups in total. The van der Waals surface area contributed by atoms with Crippen LogP contribution < -0.4 is 21.1 Å². The van der Waals surface area contributed by atoms with Crippen molar-refractivity contribution in [2.24, 2.45) is 17.6 Å². The van der Waals surface area contributed by atoms with Crippen LogP contribution in [0, 0.1) is 11.8 Å². The first-order valence-electron chi connectivity index (χ1n) is 12.4. The van der Waals surface area contributed by atoms with E-state index < -0.39 is 26.7 Å². The minimum atomic E-state index is -4.66. The van der Waals surface area contributed by atoms with E-state index in [1.54, 1.807) is 0 Å². The number of alkyl halides is 3. The molecule has 1 heterocycles. The van der Waals surface area contributed by atoms with Crippen molar-refractivity contribution in [1.29, 1.82) is 0 Å². The van der Waals surface area contributed by atoms with E-state index in [0.29, 0.717) is 37.6 Å². The predicted molar refractivity (Wildman–Crippen MR) is 143 cm³/mol. The molecule has 1 aliphatic carbocycles. The fraction of sp³-hybridized carbons (Fsp3) is 0.440. The van der Waals surface area contributed by atoms with Gasteiger partial charge in [-0.3, -0.25) is 0 Å². The number of benzene rings is 2. The highest BCUT2D eigenvalue weighted by molar-refractivity contribution is 7.89. The Morgan fingerprint density at radius 2 is 1.66 bits per heavy atom. The first-order chi connectivity index (χ1) is 18.1. The summed E-state index contributed by atoms with van der Waals surface area (Å²) < 4.78 is 66.9. The molecule has 1 aliphatic rings. The third kappa shape index (κ3) is 7.04. The van der Waals surface area contributed by atoms with Crippen LogP contribution in [0.1, 0.15) is 31.2 Å². The first kappa shape index (κ1) is 28.3. The summed E-state index contributed by atoms with van der Waals surface area (Å²) in [6.07, 6.45) is -1.35. The quantitative estimate of drug-likeness (QED) is 0.274. The molecule has 3 aromatic rings. The van der Waals surface area contributed by atoms with Gasteiger partial charge in [0.1, 0.15) is 10.7 Å². The average molecular weight is 571 g/mol. The van der Waals surface area contributed by atoms with Crippen molar-refractivity contribution in [3.05, 3.63) is 53.1 Å². The van der Waals surface area contributed by atoms with Crippen molar-refractivity contribution >= 4 is 44.3 Å². The van der Waals surface area contributed by atoms with Crippen LogP contribution in [0.25, 0.3) is 10.9 Å². The van der Waals surface area contributed by atoms with Crippen LogP contribution in [0.3, 0.4) is 0 Å². The van der Waals surface area contributed by atoms with Crippen molar-refractivity contribution in [3.63, 3.8) is 0 Å². The lowest BCUT2D eigenvalue weighted by atomic mass is 9.82. The summed E-state index contributed by atoms with van der Waals surface area (Å²) in [5, 5.41) is 7.23. The number of rotatable bonds is 10. The summed E-state index contributed by atoms with van der Waals surface area (Å²) >= 11 is 5.91. The highest BCUT2D eigenvalue weighted by atomic mass is 35.5. The van der Waals surface area contributed by atoms with Crippen LogP contribution >= 0.6 is 11.6 Å². The number of sulfonamides is 1. The molecule has 0 amide bonds. The predicted octanol–water partition coefficient (Wildman–Crippen LogP) is 4.87. The second kappa shape index (κ2) is 12.0. The van der Waals surface area contributed by atoms with Crippen molar-refractivity contribution in [3.8, 4) is 0 Å². The zero-order valence-electron chi connectivity index (χ0n) is 20.6. The van der Waals surface area contributed by atoms with Crippen LogP contribution in [0.4, 0.5) is 24.9 Å². The minimum Gasteiger partial charge on any atom is -0.368 e. The lowest BCUT2D eigenvalue weighted by Gasteiger charge is -2.28. The molecule has 0 atom stereocenters. The van der Waals surface area contributed by atoms with Gasteiger partial charge >= 0.3 is 6.18 Å². The molecule has 38 heavy (non-hydrogen) atoms. The van der Waals surface area contributed by atoms with Gasteiger partial charge in [-0.1, -0.05) is 23.7 Å². The normalized spacial score (nSPS) is 18.4. The van der Waals surface area contributed by atoms with Gasteiger partial charge in [-0.05, 0) is 67.9 Å². The summed E-state index contributed by atoms with van der Waals surface area (Å²) in [7, 11) is -4.19. The van der Waals surface area contributed by atoms with Crippen LogP contribution in [-0.2, 0) is 16.2 Å². The molecule has 0 saturated heterocycles. The number of para-hydroxylation sites is 1. The molecule has 2 aromatic carbocycles. The van der Waals surface area contributed by atoms with Gasteiger partial charge in [0.25, 0.3) is 0 Å². The smallest absolute Gasteiger partial charge is 0.368 e. The van der Waals surface area contributed by atoms with Crippen LogP contribution in [0.2, 0.25) is 5.02 Å². The number of aromatic nitrogens is 2. The third-order valence-electron chi connectivity index (χ3n) is 6.67. The Balaban J connectivity index is 1.30. The average Bonchev–Trinajstić information content (AvgIpc) is 2.89. The molecule has 0 aliphatic heterocycles. The summed E-state index contributed by atoms with van der Waals surface area (Å²) in [6, 6.07) is 10.0. The first-order valence-corrected chi connectivity index (χ1v) is 14.2. The van der Waals surface area contributed by atoms with E-state index in [4.69, 9.17) is 17.3 Å². The Hall–Kier alpha value is -2.67. The molecular formula is C25H30ClF3N6O2S. The maximum Gasteiger partial charge on any atom is 0.416 e. The van der Waals surface area contributed by atoms with E-state index in [2.05, 4.69) is 25.3 Å². The summed E-state index contributed by atoms with van der Waals surface area (Å²) in [5.41, 5.74) is 5.38. The molecule has 4 rings (SSSR count). The van der Waals surface area contributed by atoms with Crippen molar-refractivity contribution in [1.82, 2.24) is 14.7 Å². The van der Waals surface area contributed by atoms with Crippen LogP contribution in [-0.4, -0.2) is 44.6 Å². The molecule has 206 valence electrons. The molecule has 1 saturated carbocycles. The Morgan fingerprint density at radius 3 is 2.34 bits per heavy atom. The Bertz CT molecular complexity index is 1360. The molecular weight excluding hydrogens is 541 g/mol. The van der Waals surface area contributed by atoms with Gasteiger partial charge < -0.3 is 16.4 Å². The highest BCUT2D eigenvalue weighted by Gasteiger charge is 2.33. The SMILES string of the molecule is NCCNc1nc(NCC2CCC(CNS(=O)(=O)c3cc(C(F)(F)F)ccc3Cl)CC2)nc2ccccc12. The summed E-state index contributed by atoms with van der Waals surface area (Å²) in [5.74, 6) is 1.68. The van der Waals surface area contributed by atoms with Gasteiger partial charge in [-0.15, -0.1) is 0 Å². The second-order valence-corrected chi connectivity index (χ2v) is 11.5. The van der Waals surface area contributed by atoms with Gasteiger partial charge in [0.2, 0.25) is 16.0 Å². The molecule has 1 aromatic heterocycles. The van der Waals surface area contributed by atoms with Crippen molar-refractivity contribution in [2.45, 2.75) is 36.8 Å². The number of halogens is 4. The number of hydrogen-bond donors (Lipinski definition) is 4. The number of nitrogens with two attached hydrogens (primary N) is 1. The Labute approximate surface area is 224 Å². The zero-order valence-corrected chi connectivity index (χ0v) is 22.1. The Morgan fingerprint density at radius 1 is 0.974 bits per heavy atom. The second-order valence-electron chi connectivity index (χ2n) is 9.39. The van der Waals surface area contributed by atoms with E-state index in [9.17, 15) is 21.6 Å². The lowest BCUT2D eigenvalue weighted by molar-refractivity contribution is -0.137. The summed E-state index contributed by atoms with van der Waals surface area (Å²) in [4.78, 5) is 8.64. The van der Waals surface area contributed by atoms with E-state index in [1.165, 1.54) is 0 Å². The van der Waals surface area contributed by atoms with Gasteiger partial charge in [0.15, 0.2) is 0 Å². The molecule has 1 fully saturated rings. The van der Waals surface area contributed by atoms with Crippen LogP contribution in [0.15, 0.2) is 47.4 Å². The minimum absolute atomic E-state index is 0.0783. The molecule has 13 heteroatoms. The van der Waals surface area contributed by atoms with Gasteiger partial charge in [0, 0.05) is 31.6 Å². The maximum atomic E-state index is 13.0. The van der Waals surface area contributed by atoms with E-state index in [0.717, 1.165) is 54.5 Å². The van der Waals surface area contributed by atoms with Crippen molar-refractivity contribution in [2.75, 3.05) is 36.8 Å².